The van der Waals surface area contributed by atoms with Gasteiger partial charge in [0.05, 0.1) is 32.1 Å². The Bertz CT molecular complexity index is 552. The molecule has 2 unspecified atom stereocenters. The molecule has 6 nitrogen and oxygen atoms in total. The minimum atomic E-state index is 0.0777. The number of anilines is 1. The fourth-order valence-electron chi connectivity index (χ4n) is 2.97. The first-order chi connectivity index (χ1) is 10.9. The number of nitrogens with zero attached hydrogens (tertiary/aromatic N) is 1. The summed E-state index contributed by atoms with van der Waals surface area (Å²) in [7, 11) is 3.16. The molecule has 1 fully saturated rings. The molecule has 1 aromatic carbocycles. The van der Waals surface area contributed by atoms with E-state index in [0.29, 0.717) is 43.1 Å². The minimum Gasteiger partial charge on any atom is -0.496 e. The number of morpholine rings is 1. The molecule has 0 radical (unpaired) electrons. The quantitative estimate of drug-likeness (QED) is 0.838. The van der Waals surface area contributed by atoms with Gasteiger partial charge in [-0.25, -0.2) is 0 Å². The molecule has 1 saturated heterocycles. The van der Waals surface area contributed by atoms with Gasteiger partial charge in [0.25, 0.3) is 0 Å². The van der Waals surface area contributed by atoms with Crippen LogP contribution in [0.2, 0.25) is 0 Å². The number of ether oxygens (including phenoxy) is 3. The number of carbonyl (C=O) groups excluding carboxylic acids is 1. The van der Waals surface area contributed by atoms with E-state index in [-0.39, 0.29) is 18.1 Å². The normalized spacial score (nSPS) is 21.1. The van der Waals surface area contributed by atoms with Crippen molar-refractivity contribution in [3.63, 3.8) is 0 Å². The Balaban J connectivity index is 2.02. The second-order valence-corrected chi connectivity index (χ2v) is 5.96. The van der Waals surface area contributed by atoms with Gasteiger partial charge >= 0.3 is 0 Å². The lowest BCUT2D eigenvalue weighted by Gasteiger charge is -2.35. The first-order valence-corrected chi connectivity index (χ1v) is 7.88. The molecular formula is C17H26N2O4. The number of hydrogen-bond donors (Lipinski definition) is 1. The van der Waals surface area contributed by atoms with Crippen molar-refractivity contribution in [3.05, 3.63) is 17.7 Å². The number of carbonyl (C=O) groups is 1. The van der Waals surface area contributed by atoms with Crippen molar-refractivity contribution < 1.29 is 19.0 Å². The van der Waals surface area contributed by atoms with Crippen LogP contribution in [0.5, 0.6) is 11.5 Å². The third-order valence-electron chi connectivity index (χ3n) is 4.01. The SMILES string of the molecule is COc1cc(OC)c(CCC(=O)N2CC(C)OC(C)C2)cc1N. The Hall–Kier alpha value is -1.95. The second kappa shape index (κ2) is 7.55. The van der Waals surface area contributed by atoms with E-state index in [1.54, 1.807) is 20.3 Å². The van der Waals surface area contributed by atoms with Gasteiger partial charge in [0.2, 0.25) is 5.91 Å². The zero-order valence-corrected chi connectivity index (χ0v) is 14.3. The molecule has 0 aromatic heterocycles. The van der Waals surface area contributed by atoms with Gasteiger partial charge in [0.15, 0.2) is 0 Å². The highest BCUT2D eigenvalue weighted by atomic mass is 16.5. The standard InChI is InChI=1S/C17H26N2O4/c1-11-9-19(10-12(2)23-11)17(20)6-5-13-7-14(18)16(22-4)8-15(13)21-3/h7-8,11-12H,5-6,9-10,18H2,1-4H3. The molecule has 1 amide bonds. The Labute approximate surface area is 137 Å². The zero-order valence-electron chi connectivity index (χ0n) is 14.3. The number of methoxy groups -OCH3 is 2. The summed E-state index contributed by atoms with van der Waals surface area (Å²) in [6.07, 6.45) is 1.15. The van der Waals surface area contributed by atoms with Crippen LogP contribution in [-0.2, 0) is 16.0 Å². The van der Waals surface area contributed by atoms with Gasteiger partial charge in [-0.05, 0) is 31.9 Å². The van der Waals surface area contributed by atoms with Gasteiger partial charge in [-0.3, -0.25) is 4.79 Å². The predicted molar refractivity (Wildman–Crippen MR) is 88.9 cm³/mol. The summed E-state index contributed by atoms with van der Waals surface area (Å²) >= 11 is 0. The van der Waals surface area contributed by atoms with E-state index in [4.69, 9.17) is 19.9 Å². The Morgan fingerprint density at radius 1 is 1.22 bits per heavy atom. The number of amides is 1. The fourth-order valence-corrected chi connectivity index (χ4v) is 2.97. The number of hydrogen-bond acceptors (Lipinski definition) is 5. The largest absolute Gasteiger partial charge is 0.496 e. The summed E-state index contributed by atoms with van der Waals surface area (Å²) in [5.74, 6) is 1.39. The highest BCUT2D eigenvalue weighted by molar-refractivity contribution is 5.77. The average Bonchev–Trinajstić information content (AvgIpc) is 2.51. The first-order valence-electron chi connectivity index (χ1n) is 7.88. The van der Waals surface area contributed by atoms with Crippen LogP contribution in [-0.4, -0.2) is 50.3 Å². The van der Waals surface area contributed by atoms with Crippen molar-refractivity contribution >= 4 is 11.6 Å². The highest BCUT2D eigenvalue weighted by Gasteiger charge is 2.25. The Morgan fingerprint density at radius 3 is 2.39 bits per heavy atom. The minimum absolute atomic E-state index is 0.0777. The summed E-state index contributed by atoms with van der Waals surface area (Å²) in [5, 5.41) is 0. The summed E-state index contributed by atoms with van der Waals surface area (Å²) < 4.78 is 16.2. The van der Waals surface area contributed by atoms with Crippen LogP contribution in [0.25, 0.3) is 0 Å². The van der Waals surface area contributed by atoms with Gasteiger partial charge in [-0.2, -0.15) is 0 Å². The summed E-state index contributed by atoms with van der Waals surface area (Å²) in [6, 6.07) is 3.57. The van der Waals surface area contributed by atoms with Crippen LogP contribution < -0.4 is 15.2 Å². The van der Waals surface area contributed by atoms with Crippen molar-refractivity contribution in [2.75, 3.05) is 33.0 Å². The molecule has 0 spiro atoms. The maximum atomic E-state index is 12.4. The Kier molecular flexibility index (Phi) is 5.71. The first kappa shape index (κ1) is 17.4. The zero-order chi connectivity index (χ0) is 17.0. The maximum absolute atomic E-state index is 12.4. The van der Waals surface area contributed by atoms with E-state index in [1.165, 1.54) is 0 Å². The molecule has 2 N–H and O–H groups in total. The molecule has 0 saturated carbocycles. The molecule has 0 bridgehead atoms. The molecule has 6 heteroatoms. The van der Waals surface area contributed by atoms with Gasteiger partial charge in [0, 0.05) is 25.6 Å². The van der Waals surface area contributed by atoms with Crippen molar-refractivity contribution in [2.24, 2.45) is 0 Å². The van der Waals surface area contributed by atoms with E-state index in [9.17, 15) is 4.79 Å². The average molecular weight is 322 g/mol. The van der Waals surface area contributed by atoms with Gasteiger partial charge < -0.3 is 24.8 Å². The monoisotopic (exact) mass is 322 g/mol. The topological polar surface area (TPSA) is 74.0 Å². The van der Waals surface area contributed by atoms with Crippen molar-refractivity contribution in [1.82, 2.24) is 4.90 Å². The number of benzene rings is 1. The molecule has 23 heavy (non-hydrogen) atoms. The van der Waals surface area contributed by atoms with E-state index in [1.807, 2.05) is 24.8 Å². The van der Waals surface area contributed by atoms with Crippen molar-refractivity contribution in [1.29, 1.82) is 0 Å². The number of rotatable bonds is 5. The van der Waals surface area contributed by atoms with Gasteiger partial charge in [-0.15, -0.1) is 0 Å². The van der Waals surface area contributed by atoms with Crippen LogP contribution in [0, 0.1) is 0 Å². The number of nitrogens with two attached hydrogens (primary N) is 1. The molecule has 1 aromatic rings. The van der Waals surface area contributed by atoms with Gasteiger partial charge in [-0.1, -0.05) is 0 Å². The van der Waals surface area contributed by atoms with Gasteiger partial charge in [0.1, 0.15) is 11.5 Å². The lowest BCUT2D eigenvalue weighted by molar-refractivity contribution is -0.143. The van der Waals surface area contributed by atoms with Crippen LogP contribution >= 0.6 is 0 Å². The van der Waals surface area contributed by atoms with Crippen LogP contribution in [0.1, 0.15) is 25.8 Å². The molecule has 1 aliphatic rings. The van der Waals surface area contributed by atoms with Crippen molar-refractivity contribution in [2.45, 2.75) is 38.9 Å². The third kappa shape index (κ3) is 4.28. The molecular weight excluding hydrogens is 296 g/mol. The lowest BCUT2D eigenvalue weighted by Crippen LogP contribution is -2.48. The maximum Gasteiger partial charge on any atom is 0.223 e. The van der Waals surface area contributed by atoms with E-state index in [0.717, 1.165) is 5.56 Å². The Morgan fingerprint density at radius 2 is 1.83 bits per heavy atom. The molecule has 2 atom stereocenters. The summed E-state index contributed by atoms with van der Waals surface area (Å²) in [5.41, 5.74) is 7.40. The van der Waals surface area contributed by atoms with Crippen LogP contribution in [0.4, 0.5) is 5.69 Å². The molecule has 0 aliphatic carbocycles. The van der Waals surface area contributed by atoms with Crippen molar-refractivity contribution in [3.8, 4) is 11.5 Å². The fraction of sp³-hybridized carbons (Fsp3) is 0.588. The number of aryl methyl sites for hydroxylation is 1. The van der Waals surface area contributed by atoms with E-state index >= 15 is 0 Å². The number of nitrogen functional groups attached to an aromatic ring is 1. The highest BCUT2D eigenvalue weighted by Crippen LogP contribution is 2.31. The van der Waals surface area contributed by atoms with E-state index in [2.05, 4.69) is 0 Å². The summed E-state index contributed by atoms with van der Waals surface area (Å²) in [4.78, 5) is 14.3. The molecule has 128 valence electrons. The second-order valence-electron chi connectivity index (χ2n) is 5.96. The molecule has 2 rings (SSSR count). The predicted octanol–water partition coefficient (Wildman–Crippen LogP) is 1.85. The van der Waals surface area contributed by atoms with Crippen LogP contribution in [0.3, 0.4) is 0 Å². The molecule has 1 heterocycles. The smallest absolute Gasteiger partial charge is 0.223 e. The van der Waals surface area contributed by atoms with E-state index < -0.39 is 0 Å². The molecule has 1 aliphatic heterocycles. The summed E-state index contributed by atoms with van der Waals surface area (Å²) in [6.45, 7) is 5.27. The van der Waals surface area contributed by atoms with Crippen LogP contribution in [0.15, 0.2) is 12.1 Å². The third-order valence-corrected chi connectivity index (χ3v) is 4.01. The lowest BCUT2D eigenvalue weighted by atomic mass is 10.1.